The molecule has 6 rings (SSSR count). The molecule has 0 bridgehead atoms. The Hall–Kier alpha value is -3.92. The summed E-state index contributed by atoms with van der Waals surface area (Å²) < 4.78 is 2.43. The van der Waals surface area contributed by atoms with Gasteiger partial charge in [-0.15, -0.1) is 0 Å². The number of Topliss-reactive ketones (excluding diaryl/α,β-unsaturated/α-hetero) is 1. The van der Waals surface area contributed by atoms with Gasteiger partial charge < -0.3 is 14.8 Å². The number of fused-ring (bicyclic) bond motifs is 2. The number of aryl methyl sites for hydroxylation is 1. The predicted molar refractivity (Wildman–Crippen MR) is 145 cm³/mol. The Bertz CT molecular complexity index is 1600. The summed E-state index contributed by atoms with van der Waals surface area (Å²) in [5.41, 5.74) is 3.07. The number of halogens is 1. The van der Waals surface area contributed by atoms with Crippen LogP contribution in [0.3, 0.4) is 0 Å². The van der Waals surface area contributed by atoms with Crippen molar-refractivity contribution in [3.63, 3.8) is 0 Å². The van der Waals surface area contributed by atoms with Crippen LogP contribution >= 0.6 is 15.9 Å². The van der Waals surface area contributed by atoms with Crippen molar-refractivity contribution in [2.75, 3.05) is 5.32 Å². The number of nitrogens with zero attached hydrogens (tertiary/aromatic N) is 5. The van der Waals surface area contributed by atoms with E-state index in [4.69, 9.17) is 0 Å². The number of benzene rings is 1. The number of nitrogens with one attached hydrogen (secondary N) is 1. The average Bonchev–Trinajstić information content (AvgIpc) is 3.39. The van der Waals surface area contributed by atoms with Crippen LogP contribution < -0.4 is 5.32 Å². The summed E-state index contributed by atoms with van der Waals surface area (Å²) in [5.74, 6) is 1.01. The zero-order valence-corrected chi connectivity index (χ0v) is 22.5. The summed E-state index contributed by atoms with van der Waals surface area (Å²) >= 11 is 3.32. The highest BCUT2D eigenvalue weighted by atomic mass is 79.9. The molecule has 0 spiro atoms. The SMILES string of the molecule is CC(=O)c1cn(CC(=O)N2C(C(=O)Nc3cccc(Br)n3)C[C@H]3C[C@H]32)c2ccc(-c3cnc(C)nc3)cc12. The molecule has 192 valence electrons. The van der Waals surface area contributed by atoms with Gasteiger partial charge in [-0.05, 0) is 78.4 Å². The van der Waals surface area contributed by atoms with Gasteiger partial charge in [0.25, 0.3) is 0 Å². The van der Waals surface area contributed by atoms with Gasteiger partial charge in [0, 0.05) is 46.7 Å². The van der Waals surface area contributed by atoms with Gasteiger partial charge in [0.1, 0.15) is 28.8 Å². The zero-order chi connectivity index (χ0) is 26.6. The standard InChI is InChI=1S/C28H25BrN6O3/c1-15(36)21-13-34(22-7-6-17(8-20(21)22)19-11-30-16(2)31-12-19)14-27(37)35-23-9-18(23)10-24(35)28(38)33-26-5-3-4-25(29)32-26/h3-8,11-13,18,23-24H,9-10,14H2,1-2H3,(H,32,33,38)/t18-,23-,24?/m1/s1. The number of amides is 2. The minimum atomic E-state index is -0.547. The van der Waals surface area contributed by atoms with Crippen LogP contribution in [0.15, 0.2) is 59.6 Å². The second kappa shape index (κ2) is 9.43. The first kappa shape index (κ1) is 24.4. The van der Waals surface area contributed by atoms with E-state index in [2.05, 4.69) is 36.2 Å². The molecule has 1 saturated heterocycles. The third kappa shape index (κ3) is 4.49. The maximum absolute atomic E-state index is 13.6. The van der Waals surface area contributed by atoms with Crippen molar-refractivity contribution < 1.29 is 14.4 Å². The van der Waals surface area contributed by atoms with Crippen molar-refractivity contribution in [3.8, 4) is 11.1 Å². The number of likely N-dealkylation sites (tertiary alicyclic amines) is 1. The van der Waals surface area contributed by atoms with Gasteiger partial charge in [-0.3, -0.25) is 14.4 Å². The number of carbonyl (C=O) groups is 3. The molecule has 4 aromatic rings. The smallest absolute Gasteiger partial charge is 0.248 e. The lowest BCUT2D eigenvalue weighted by atomic mass is 10.0. The van der Waals surface area contributed by atoms with E-state index in [1.807, 2.05) is 29.7 Å². The Morgan fingerprint density at radius 1 is 1.08 bits per heavy atom. The number of piperidine rings is 1. The van der Waals surface area contributed by atoms with Crippen LogP contribution in [-0.2, 0) is 16.1 Å². The number of rotatable bonds is 6. The fraction of sp³-hybridized carbons (Fsp3) is 0.286. The average molecular weight is 573 g/mol. The summed E-state index contributed by atoms with van der Waals surface area (Å²) in [5, 5.41) is 3.62. The first-order valence-corrected chi connectivity index (χ1v) is 13.2. The number of anilines is 1. The minimum absolute atomic E-state index is 0.0406. The number of hydrogen-bond donors (Lipinski definition) is 1. The van der Waals surface area contributed by atoms with E-state index in [1.165, 1.54) is 6.92 Å². The van der Waals surface area contributed by atoms with E-state index in [1.54, 1.807) is 41.7 Å². The minimum Gasteiger partial charge on any atom is -0.337 e. The van der Waals surface area contributed by atoms with Gasteiger partial charge in [-0.2, -0.15) is 0 Å². The molecule has 1 aliphatic heterocycles. The van der Waals surface area contributed by atoms with Gasteiger partial charge in [-0.1, -0.05) is 12.1 Å². The number of carbonyl (C=O) groups excluding carboxylic acids is 3. The van der Waals surface area contributed by atoms with Crippen molar-refractivity contribution in [1.29, 1.82) is 0 Å². The van der Waals surface area contributed by atoms with E-state index in [0.29, 0.717) is 34.1 Å². The van der Waals surface area contributed by atoms with Crippen LogP contribution in [0.4, 0.5) is 5.82 Å². The Morgan fingerprint density at radius 3 is 2.61 bits per heavy atom. The van der Waals surface area contributed by atoms with E-state index in [9.17, 15) is 14.4 Å². The second-order valence-electron chi connectivity index (χ2n) is 9.93. The van der Waals surface area contributed by atoms with E-state index >= 15 is 0 Å². The molecular formula is C28H25BrN6O3. The molecule has 1 aromatic carbocycles. The molecule has 38 heavy (non-hydrogen) atoms. The highest BCUT2D eigenvalue weighted by Crippen LogP contribution is 2.48. The van der Waals surface area contributed by atoms with Crippen molar-refractivity contribution in [1.82, 2.24) is 24.4 Å². The van der Waals surface area contributed by atoms with E-state index in [-0.39, 0.29) is 30.2 Å². The van der Waals surface area contributed by atoms with Gasteiger partial charge in [-0.25, -0.2) is 15.0 Å². The number of pyridine rings is 1. The van der Waals surface area contributed by atoms with Crippen LogP contribution in [0, 0.1) is 12.8 Å². The van der Waals surface area contributed by atoms with Crippen molar-refractivity contribution in [2.24, 2.45) is 5.92 Å². The summed E-state index contributed by atoms with van der Waals surface area (Å²) in [6, 6.07) is 10.6. The summed E-state index contributed by atoms with van der Waals surface area (Å²) in [6.07, 6.45) is 6.81. The molecule has 3 aromatic heterocycles. The molecule has 2 amide bonds. The van der Waals surface area contributed by atoms with Crippen LogP contribution in [-0.4, -0.2) is 54.1 Å². The van der Waals surface area contributed by atoms with Crippen molar-refractivity contribution in [2.45, 2.75) is 45.3 Å². The summed E-state index contributed by atoms with van der Waals surface area (Å²) in [4.78, 5) is 53.8. The lowest BCUT2D eigenvalue weighted by Crippen LogP contribution is -2.46. The highest BCUT2D eigenvalue weighted by Gasteiger charge is 2.56. The molecule has 3 atom stereocenters. The summed E-state index contributed by atoms with van der Waals surface area (Å²) in [6.45, 7) is 3.39. The van der Waals surface area contributed by atoms with Gasteiger partial charge in [0.2, 0.25) is 11.8 Å². The zero-order valence-electron chi connectivity index (χ0n) is 20.9. The van der Waals surface area contributed by atoms with Gasteiger partial charge in [0.05, 0.1) is 0 Å². The molecule has 4 heterocycles. The van der Waals surface area contributed by atoms with Crippen LogP contribution in [0.2, 0.25) is 0 Å². The molecule has 1 unspecified atom stereocenters. The first-order chi connectivity index (χ1) is 18.3. The lowest BCUT2D eigenvalue weighted by Gasteiger charge is -2.27. The molecule has 1 N–H and O–H groups in total. The number of aromatic nitrogens is 4. The topological polar surface area (TPSA) is 110 Å². The largest absolute Gasteiger partial charge is 0.337 e. The molecule has 2 aliphatic rings. The number of hydrogen-bond acceptors (Lipinski definition) is 6. The van der Waals surface area contributed by atoms with Crippen LogP contribution in [0.1, 0.15) is 35.9 Å². The maximum Gasteiger partial charge on any atom is 0.248 e. The molecule has 2 fully saturated rings. The maximum atomic E-state index is 13.6. The fourth-order valence-electron chi connectivity index (χ4n) is 5.39. The second-order valence-corrected chi connectivity index (χ2v) is 10.7. The van der Waals surface area contributed by atoms with E-state index in [0.717, 1.165) is 28.5 Å². The number of ketones is 1. The quantitative estimate of drug-likeness (QED) is 0.271. The summed E-state index contributed by atoms with van der Waals surface area (Å²) in [7, 11) is 0. The first-order valence-electron chi connectivity index (χ1n) is 12.5. The monoisotopic (exact) mass is 572 g/mol. The highest BCUT2D eigenvalue weighted by molar-refractivity contribution is 9.10. The molecule has 1 aliphatic carbocycles. The Balaban J connectivity index is 1.27. The van der Waals surface area contributed by atoms with E-state index < -0.39 is 6.04 Å². The molecular weight excluding hydrogens is 548 g/mol. The third-order valence-electron chi connectivity index (χ3n) is 7.34. The molecule has 9 nitrogen and oxygen atoms in total. The Kier molecular flexibility index (Phi) is 6.06. The molecule has 0 radical (unpaired) electrons. The lowest BCUT2D eigenvalue weighted by molar-refractivity contribution is -0.138. The third-order valence-corrected chi connectivity index (χ3v) is 7.78. The van der Waals surface area contributed by atoms with Crippen LogP contribution in [0.5, 0.6) is 0 Å². The Morgan fingerprint density at radius 2 is 1.87 bits per heavy atom. The van der Waals surface area contributed by atoms with Gasteiger partial charge >= 0.3 is 0 Å². The van der Waals surface area contributed by atoms with Crippen molar-refractivity contribution in [3.05, 3.63) is 71.0 Å². The fourth-order valence-corrected chi connectivity index (χ4v) is 5.74. The normalized spacial score (nSPS) is 19.9. The van der Waals surface area contributed by atoms with Crippen molar-refractivity contribution >= 4 is 50.2 Å². The Labute approximate surface area is 227 Å². The molecule has 10 heteroatoms. The van der Waals surface area contributed by atoms with Gasteiger partial charge in [0.15, 0.2) is 5.78 Å². The van der Waals surface area contributed by atoms with Crippen LogP contribution in [0.25, 0.3) is 22.0 Å². The predicted octanol–water partition coefficient (Wildman–Crippen LogP) is 4.39. The molecule has 1 saturated carbocycles.